The average Bonchev–Trinajstić information content (AvgIpc) is 1.70. The van der Waals surface area contributed by atoms with E-state index in [-0.39, 0.29) is 99.7 Å². The van der Waals surface area contributed by atoms with E-state index in [0.717, 1.165) is 67.1 Å². The number of benzene rings is 2. The van der Waals surface area contributed by atoms with E-state index < -0.39 is 35.3 Å². The van der Waals surface area contributed by atoms with E-state index >= 15 is 0 Å². The predicted octanol–water partition coefficient (Wildman–Crippen LogP) is 15.6. The lowest BCUT2D eigenvalue weighted by Crippen LogP contribution is -2.55. The molecule has 0 saturated carbocycles. The van der Waals surface area contributed by atoms with Gasteiger partial charge in [-0.2, -0.15) is 0 Å². The molecule has 39 heteroatoms. The molecule has 0 unspecified atom stereocenters. The largest absolute Gasteiger partial charge is 0.505 e. The van der Waals surface area contributed by atoms with Gasteiger partial charge >= 0.3 is 24.1 Å². The van der Waals surface area contributed by atoms with Crippen LogP contribution in [0.15, 0.2) is 128 Å². The van der Waals surface area contributed by atoms with E-state index in [2.05, 4.69) is 66.2 Å². The van der Waals surface area contributed by atoms with Gasteiger partial charge in [-0.15, -0.1) is 0 Å². The summed E-state index contributed by atoms with van der Waals surface area (Å²) in [5.41, 5.74) is 26.4. The molecule has 3 spiro atoms. The van der Waals surface area contributed by atoms with Crippen LogP contribution in [-0.4, -0.2) is 199 Å². The molecule has 6 saturated heterocycles. The van der Waals surface area contributed by atoms with Gasteiger partial charge in [-0.25, -0.2) is 44.1 Å². The number of anilines is 6. The molecule has 0 radical (unpaired) electrons. The van der Waals surface area contributed by atoms with Crippen molar-refractivity contribution in [3.8, 4) is 28.7 Å². The SMILES string of the molecule is COC(=O)c1nc(Br)c(OCc2ccc(OC)cc2)cc1N1CCC2(CC1)CO[C@@H](C)[C@H]2NC(=O)OC(C)(C)C.COC(=O)c1nc(Sc2ccnc(N)c2Cl)c(OCc2ccc(OC)cc2)cc1N1CCC2(CC1)CO[C@@H](C)[C@H]2NC(=O)OC(C)(C)C.C[C@@H]1OCC2(CCN(c3cc(O)c(Sc4ccnc(N)c4Cl)nc3CO)CC2)[C@@H]1N.Nc1[nH]ccc(=S)c1Cl. The summed E-state index contributed by atoms with van der Waals surface area (Å²) < 4.78 is 63.2. The summed E-state index contributed by atoms with van der Waals surface area (Å²) in [7, 11) is 5.90. The molecule has 14 rings (SSSR count). The number of amides is 2. The van der Waals surface area contributed by atoms with E-state index in [0.29, 0.717) is 139 Å². The fourth-order valence-corrected chi connectivity index (χ4v) is 18.9. The molecule has 6 fully saturated rings. The highest BCUT2D eigenvalue weighted by Gasteiger charge is 2.53. The zero-order valence-corrected chi connectivity index (χ0v) is 79.5. The number of ether oxygens (including phenoxy) is 11. The standard InChI is InChI=1S/C34H42ClN5O7S.C29H38BrN3O7.C20H26ClN5O3S.C5H5ClN2S/c1-20-28(39-32(42)47-33(2,3)4)34(19-46-20)12-15-40(16-13-34)23-17-24(45-18-21-7-9-22(43-5)10-8-21)30(38-27(23)31(41)44-6)48-25-11-14-37-29(36)26(25)35;1-18-24(32-27(35)40-28(2,3)4)29(17-39-18)11-13-33(14-12-29)21-15-22(25(30)31-23(21)26(34)37-6)38-16-19-7-9-20(36-5)10-8-19;1-11-17(22)20(10-29-11)3-6-26(7-4-20)13-8-14(28)19(25-12(13)9-27)30-15-2-5-24-18(23)16(15)21;6-4-3(9)1-2-8-5(4)7/h7-11,14,17,20,28H,12-13,15-16,18-19H2,1-6H3,(H2,36,37)(H,39,42);7-10,15,18,24H,11-14,16-17H2,1-6H3,(H,32,35);2,5,8,11,17,27-28H,3-4,6-7,9-10,22H2,1H3,(H2,23,24);1-2H,(H3,7,8,9)/t20-,28+;18-,24+;11-,17+;/m000./s1. The number of rotatable bonds is 20. The molecule has 2 aromatic carbocycles. The minimum Gasteiger partial charge on any atom is -0.505 e. The number of alkyl carbamates (subject to hydrolysis) is 2. The number of piperidine rings is 3. The molecule has 13 N–H and O–H groups in total. The number of nitrogens with zero attached hydrogens (tertiary/aromatic N) is 8. The number of carbonyl (C=O) groups is 4. The number of aromatic nitrogens is 6. The summed E-state index contributed by atoms with van der Waals surface area (Å²) in [5.74, 6) is 2.19. The number of hydrogen-bond donors (Lipinski definition) is 9. The molecule has 6 aromatic heterocycles. The number of methoxy groups -OCH3 is 4. The Hall–Kier alpha value is -9.31. The number of halogens is 4. The molecule has 6 atom stereocenters. The molecular weight excluding hydrogens is 1820 g/mol. The number of nitrogen functional groups attached to an aromatic ring is 3. The lowest BCUT2D eigenvalue weighted by atomic mass is 9.73. The van der Waals surface area contributed by atoms with Crippen molar-refractivity contribution in [2.45, 2.75) is 188 Å². The maximum Gasteiger partial charge on any atom is 0.407 e. The Labute approximate surface area is 776 Å². The van der Waals surface area contributed by atoms with Gasteiger partial charge in [0.2, 0.25) is 0 Å². The first-order valence-corrected chi connectivity index (χ1v) is 45.2. The lowest BCUT2D eigenvalue weighted by molar-refractivity contribution is 0.0424. The van der Waals surface area contributed by atoms with Crippen LogP contribution in [0.3, 0.4) is 0 Å². The second-order valence-electron chi connectivity index (χ2n) is 33.7. The molecule has 6 aliphatic rings. The van der Waals surface area contributed by atoms with E-state index in [9.17, 15) is 29.4 Å². The summed E-state index contributed by atoms with van der Waals surface area (Å²) in [6.45, 7) is 23.0. The van der Waals surface area contributed by atoms with Gasteiger partial charge < -0.3 is 116 Å². The highest BCUT2D eigenvalue weighted by molar-refractivity contribution is 9.10. The minimum absolute atomic E-state index is 0.00140. The van der Waals surface area contributed by atoms with Crippen molar-refractivity contribution >= 4 is 145 Å². The van der Waals surface area contributed by atoms with E-state index in [1.807, 2.05) is 123 Å². The summed E-state index contributed by atoms with van der Waals surface area (Å²) in [4.78, 5) is 83.4. The van der Waals surface area contributed by atoms with Crippen molar-refractivity contribution in [1.29, 1.82) is 0 Å². The first kappa shape index (κ1) is 98.3. The van der Waals surface area contributed by atoms with Gasteiger partial charge in [0.05, 0.1) is 128 Å². The molecule has 686 valence electrons. The van der Waals surface area contributed by atoms with Crippen molar-refractivity contribution in [2.24, 2.45) is 22.0 Å². The number of pyridine rings is 6. The third-order valence-electron chi connectivity index (χ3n) is 23.0. The first-order chi connectivity index (χ1) is 60.3. The third kappa shape index (κ3) is 24.4. The number of H-pyrrole nitrogens is 1. The molecule has 127 heavy (non-hydrogen) atoms. The molecule has 32 nitrogen and oxygen atoms in total. The number of aromatic amines is 1. The molecule has 0 aliphatic carbocycles. The predicted molar refractivity (Wildman–Crippen MR) is 494 cm³/mol. The first-order valence-electron chi connectivity index (χ1n) is 41.2. The summed E-state index contributed by atoms with van der Waals surface area (Å²) in [5, 5.41) is 28.5. The van der Waals surface area contributed by atoms with Crippen LogP contribution in [0, 0.1) is 20.8 Å². The quantitative estimate of drug-likeness (QED) is 0.0148. The van der Waals surface area contributed by atoms with Gasteiger partial charge in [0.1, 0.15) is 73.8 Å². The van der Waals surface area contributed by atoms with Crippen molar-refractivity contribution in [3.63, 3.8) is 0 Å². The average molecular weight is 1930 g/mol. The molecule has 2 amide bonds. The van der Waals surface area contributed by atoms with E-state index in [1.54, 1.807) is 57.1 Å². The summed E-state index contributed by atoms with van der Waals surface area (Å²) in [6.07, 6.45) is 8.27. The van der Waals surface area contributed by atoms with Gasteiger partial charge in [0.25, 0.3) is 0 Å². The molecular formula is C88H111BrCl3N15O17S3. The van der Waals surface area contributed by atoms with Gasteiger partial charge in [0, 0.05) is 108 Å². The van der Waals surface area contributed by atoms with Crippen LogP contribution in [0.4, 0.5) is 44.1 Å². The van der Waals surface area contributed by atoms with Crippen LogP contribution in [0.25, 0.3) is 0 Å². The normalized spacial score (nSPS) is 19.6. The van der Waals surface area contributed by atoms with Crippen molar-refractivity contribution < 1.29 is 81.5 Å². The van der Waals surface area contributed by atoms with Crippen LogP contribution in [0.1, 0.15) is 139 Å². The topological polar surface area (TPSA) is 428 Å². The number of nitrogens with two attached hydrogens (primary N) is 4. The van der Waals surface area contributed by atoms with Crippen LogP contribution in [0.2, 0.25) is 15.1 Å². The smallest absolute Gasteiger partial charge is 0.407 e. The maximum absolute atomic E-state index is 13.2. The highest BCUT2D eigenvalue weighted by atomic mass is 79.9. The second-order valence-corrected chi connectivity index (χ2v) is 38.0. The fraction of sp³-hybridized carbons (Fsp3) is 0.477. The van der Waals surface area contributed by atoms with Gasteiger partial charge in [-0.05, 0) is 170 Å². The number of esters is 2. The monoisotopic (exact) mass is 1930 g/mol. The lowest BCUT2D eigenvalue weighted by Gasteiger charge is -2.43. The number of aliphatic hydroxyl groups excluding tert-OH is 1. The Morgan fingerprint density at radius 3 is 1.42 bits per heavy atom. The van der Waals surface area contributed by atoms with Crippen molar-refractivity contribution in [1.82, 2.24) is 40.5 Å². The maximum atomic E-state index is 13.2. The van der Waals surface area contributed by atoms with Crippen LogP contribution in [0.5, 0.6) is 28.7 Å². The Bertz CT molecular complexity index is 5240. The van der Waals surface area contributed by atoms with Crippen molar-refractivity contribution in [2.75, 3.05) is 119 Å². The van der Waals surface area contributed by atoms with Crippen LogP contribution < -0.4 is 67.2 Å². The highest BCUT2D eigenvalue weighted by Crippen LogP contribution is 2.50. The third-order valence-corrected chi connectivity index (χ3v) is 27.6. The van der Waals surface area contributed by atoms with Gasteiger partial charge in [-0.1, -0.05) is 94.8 Å². The van der Waals surface area contributed by atoms with E-state index in [1.165, 1.54) is 37.7 Å². The zero-order chi connectivity index (χ0) is 92.0. The number of aromatic hydroxyl groups is 1. The molecule has 0 bridgehead atoms. The number of nitrogens with one attached hydrogen (secondary N) is 3. The number of aliphatic hydroxyl groups is 1. The molecule has 6 aliphatic heterocycles. The van der Waals surface area contributed by atoms with Crippen molar-refractivity contribution in [3.05, 3.63) is 156 Å². The van der Waals surface area contributed by atoms with Crippen LogP contribution in [-0.2, 0) is 53.0 Å². The number of carbonyl (C=O) groups excluding carboxylic acids is 4. The second kappa shape index (κ2) is 43.0. The minimum atomic E-state index is -0.618. The summed E-state index contributed by atoms with van der Waals surface area (Å²) in [6, 6.07) is 25.2. The Morgan fingerprint density at radius 2 is 1.00 bits per heavy atom. The number of hydrogen-bond acceptors (Lipinski definition) is 32. The van der Waals surface area contributed by atoms with Gasteiger partial charge in [-0.3, -0.25) is 0 Å². The summed E-state index contributed by atoms with van der Waals surface area (Å²) >= 11 is 29.0. The molecule has 8 aromatic rings. The van der Waals surface area contributed by atoms with Gasteiger partial charge in [0.15, 0.2) is 22.9 Å². The Balaban J connectivity index is 0.000000179. The molecule has 12 heterocycles. The van der Waals surface area contributed by atoms with E-state index in [4.69, 9.17) is 127 Å². The zero-order valence-electron chi connectivity index (χ0n) is 73.1. The Morgan fingerprint density at radius 1 is 0.583 bits per heavy atom. The fourth-order valence-electron chi connectivity index (χ4n) is 16.0. The van der Waals surface area contributed by atoms with Crippen LogP contribution >= 0.6 is 86.5 Å². The Kier molecular flexibility index (Phi) is 33.2.